The summed E-state index contributed by atoms with van der Waals surface area (Å²) in [7, 11) is 0. The number of nitrogens with two attached hydrogens (primary N) is 1. The maximum atomic E-state index is 12.6. The smallest absolute Gasteiger partial charge is 0.231 e. The predicted molar refractivity (Wildman–Crippen MR) is 86.4 cm³/mol. The number of fused-ring (bicyclic) bond motifs is 1. The van der Waals surface area contributed by atoms with Crippen LogP contribution in [-0.4, -0.2) is 12.5 Å². The van der Waals surface area contributed by atoms with E-state index in [9.17, 15) is 4.79 Å². The summed E-state index contributed by atoms with van der Waals surface area (Å²) < 4.78 is 0. The minimum Gasteiger partial charge on any atom is -0.399 e. The van der Waals surface area contributed by atoms with Gasteiger partial charge in [-0.05, 0) is 43.0 Å². The highest BCUT2D eigenvalue weighted by Crippen LogP contribution is 2.29. The number of hydrogen-bond acceptors (Lipinski definition) is 2. The zero-order valence-corrected chi connectivity index (χ0v) is 12.3. The van der Waals surface area contributed by atoms with E-state index in [0.29, 0.717) is 12.1 Å². The number of carbonyl (C=O) groups is 1. The van der Waals surface area contributed by atoms with E-state index >= 15 is 0 Å². The molecule has 3 nitrogen and oxygen atoms in total. The molecule has 0 bridgehead atoms. The van der Waals surface area contributed by atoms with Gasteiger partial charge in [-0.3, -0.25) is 4.79 Å². The van der Waals surface area contributed by atoms with E-state index < -0.39 is 0 Å². The van der Waals surface area contributed by atoms with E-state index in [1.165, 1.54) is 11.1 Å². The third kappa shape index (κ3) is 2.92. The van der Waals surface area contributed by atoms with Gasteiger partial charge in [0.15, 0.2) is 0 Å². The fourth-order valence-electron chi connectivity index (χ4n) is 2.83. The molecule has 2 N–H and O–H groups in total. The van der Waals surface area contributed by atoms with Crippen LogP contribution in [0, 0.1) is 6.92 Å². The van der Waals surface area contributed by atoms with Crippen molar-refractivity contribution in [1.29, 1.82) is 0 Å². The van der Waals surface area contributed by atoms with Crippen LogP contribution in [-0.2, 0) is 17.6 Å². The summed E-state index contributed by atoms with van der Waals surface area (Å²) in [6, 6.07) is 14.0. The fraction of sp³-hybridized carbons (Fsp3) is 0.278. The molecule has 1 amide bonds. The van der Waals surface area contributed by atoms with Gasteiger partial charge in [0.05, 0.1) is 6.42 Å². The lowest BCUT2D eigenvalue weighted by molar-refractivity contribution is -0.118. The number of nitrogens with zero attached hydrogens (tertiary/aromatic N) is 1. The van der Waals surface area contributed by atoms with Crippen LogP contribution in [0.5, 0.6) is 0 Å². The van der Waals surface area contributed by atoms with Gasteiger partial charge in [-0.25, -0.2) is 0 Å². The summed E-state index contributed by atoms with van der Waals surface area (Å²) in [4.78, 5) is 14.5. The van der Waals surface area contributed by atoms with Gasteiger partial charge < -0.3 is 10.6 Å². The molecule has 108 valence electrons. The molecule has 3 rings (SSSR count). The third-order valence-corrected chi connectivity index (χ3v) is 4.00. The summed E-state index contributed by atoms with van der Waals surface area (Å²) in [5, 5.41) is 0. The van der Waals surface area contributed by atoms with Crippen LogP contribution in [0.15, 0.2) is 42.5 Å². The molecule has 2 aromatic carbocycles. The van der Waals surface area contributed by atoms with Gasteiger partial charge in [0.2, 0.25) is 5.91 Å². The first-order valence-corrected chi connectivity index (χ1v) is 7.38. The van der Waals surface area contributed by atoms with E-state index in [1.54, 1.807) is 0 Å². The van der Waals surface area contributed by atoms with Gasteiger partial charge in [0, 0.05) is 17.9 Å². The molecule has 0 saturated carbocycles. The Morgan fingerprint density at radius 3 is 2.71 bits per heavy atom. The molecule has 0 atom stereocenters. The number of hydrogen-bond donors (Lipinski definition) is 1. The Labute approximate surface area is 125 Å². The second-order valence-corrected chi connectivity index (χ2v) is 5.70. The summed E-state index contributed by atoms with van der Waals surface area (Å²) in [6.07, 6.45) is 2.47. The molecule has 0 fully saturated rings. The Morgan fingerprint density at radius 1 is 1.19 bits per heavy atom. The minimum atomic E-state index is 0.144. The van der Waals surface area contributed by atoms with Gasteiger partial charge in [-0.15, -0.1) is 0 Å². The van der Waals surface area contributed by atoms with E-state index in [4.69, 9.17) is 5.73 Å². The molecule has 0 aromatic heterocycles. The second kappa shape index (κ2) is 5.60. The van der Waals surface area contributed by atoms with Crippen LogP contribution >= 0.6 is 0 Å². The van der Waals surface area contributed by atoms with Crippen molar-refractivity contribution in [3.05, 3.63) is 59.2 Å². The number of rotatable bonds is 2. The van der Waals surface area contributed by atoms with Crippen LogP contribution < -0.4 is 10.6 Å². The maximum Gasteiger partial charge on any atom is 0.231 e. The monoisotopic (exact) mass is 280 g/mol. The van der Waals surface area contributed by atoms with E-state index in [-0.39, 0.29) is 5.91 Å². The van der Waals surface area contributed by atoms with E-state index in [0.717, 1.165) is 30.6 Å². The summed E-state index contributed by atoms with van der Waals surface area (Å²) in [5.74, 6) is 0.144. The van der Waals surface area contributed by atoms with Gasteiger partial charge >= 0.3 is 0 Å². The van der Waals surface area contributed by atoms with Crippen molar-refractivity contribution in [2.24, 2.45) is 0 Å². The molecule has 1 aliphatic heterocycles. The van der Waals surface area contributed by atoms with Crippen molar-refractivity contribution in [3.8, 4) is 0 Å². The zero-order chi connectivity index (χ0) is 14.8. The lowest BCUT2D eigenvalue weighted by atomic mass is 10.00. The van der Waals surface area contributed by atoms with Gasteiger partial charge in [0.1, 0.15) is 0 Å². The molecule has 0 radical (unpaired) electrons. The highest BCUT2D eigenvalue weighted by molar-refractivity contribution is 5.96. The number of anilines is 2. The molecular formula is C18H20N2O. The highest BCUT2D eigenvalue weighted by atomic mass is 16.2. The Balaban J connectivity index is 1.83. The van der Waals surface area contributed by atoms with E-state index in [1.807, 2.05) is 47.4 Å². The van der Waals surface area contributed by atoms with Crippen molar-refractivity contribution in [2.75, 3.05) is 17.2 Å². The van der Waals surface area contributed by atoms with Crippen LogP contribution in [0.3, 0.4) is 0 Å². The van der Waals surface area contributed by atoms with Crippen molar-refractivity contribution < 1.29 is 4.79 Å². The molecular weight excluding hydrogens is 260 g/mol. The molecule has 0 spiro atoms. The lowest BCUT2D eigenvalue weighted by Crippen LogP contribution is -2.36. The number of nitrogen functional groups attached to an aromatic ring is 1. The Kier molecular flexibility index (Phi) is 3.65. The summed E-state index contributed by atoms with van der Waals surface area (Å²) >= 11 is 0. The lowest BCUT2D eigenvalue weighted by Gasteiger charge is -2.30. The Hall–Kier alpha value is -2.29. The third-order valence-electron chi connectivity index (χ3n) is 4.00. The number of amides is 1. The molecule has 2 aromatic rings. The average Bonchev–Trinajstić information content (AvgIpc) is 2.49. The molecule has 1 heterocycles. The zero-order valence-electron chi connectivity index (χ0n) is 12.3. The maximum absolute atomic E-state index is 12.6. The topological polar surface area (TPSA) is 46.3 Å². The Bertz CT molecular complexity index is 661. The highest BCUT2D eigenvalue weighted by Gasteiger charge is 2.22. The number of aryl methyl sites for hydroxylation is 2. The van der Waals surface area contributed by atoms with E-state index in [2.05, 4.69) is 6.92 Å². The van der Waals surface area contributed by atoms with Crippen molar-refractivity contribution in [1.82, 2.24) is 0 Å². The largest absolute Gasteiger partial charge is 0.399 e. The number of benzene rings is 2. The fourth-order valence-corrected chi connectivity index (χ4v) is 2.83. The minimum absolute atomic E-state index is 0.144. The van der Waals surface area contributed by atoms with Crippen molar-refractivity contribution in [2.45, 2.75) is 26.2 Å². The average molecular weight is 280 g/mol. The van der Waals surface area contributed by atoms with Crippen LogP contribution in [0.1, 0.15) is 23.1 Å². The normalized spacial score (nSPS) is 13.9. The molecule has 0 aliphatic carbocycles. The first-order valence-electron chi connectivity index (χ1n) is 7.38. The van der Waals surface area contributed by atoms with Crippen LogP contribution in [0.4, 0.5) is 11.4 Å². The van der Waals surface area contributed by atoms with Crippen molar-refractivity contribution >= 4 is 17.3 Å². The quantitative estimate of drug-likeness (QED) is 0.859. The molecule has 21 heavy (non-hydrogen) atoms. The standard InChI is InChI=1S/C18H20N2O/c1-13-4-6-14(7-5-13)11-18(21)20-10-2-3-15-8-9-16(19)12-17(15)20/h4-9,12H,2-3,10-11,19H2,1H3. The molecule has 3 heteroatoms. The molecule has 0 saturated heterocycles. The van der Waals surface area contributed by atoms with Crippen LogP contribution in [0.25, 0.3) is 0 Å². The number of carbonyl (C=O) groups excluding carboxylic acids is 1. The first kappa shape index (κ1) is 13.7. The van der Waals surface area contributed by atoms with Crippen LogP contribution in [0.2, 0.25) is 0 Å². The first-order chi connectivity index (χ1) is 10.1. The SMILES string of the molecule is Cc1ccc(CC(=O)N2CCCc3ccc(N)cc32)cc1. The van der Waals surface area contributed by atoms with Gasteiger partial charge in [0.25, 0.3) is 0 Å². The second-order valence-electron chi connectivity index (χ2n) is 5.70. The van der Waals surface area contributed by atoms with Crippen molar-refractivity contribution in [3.63, 3.8) is 0 Å². The molecule has 1 aliphatic rings. The molecule has 0 unspecified atom stereocenters. The van der Waals surface area contributed by atoms with Gasteiger partial charge in [-0.1, -0.05) is 35.9 Å². The summed E-state index contributed by atoms with van der Waals surface area (Å²) in [6.45, 7) is 2.83. The Morgan fingerprint density at radius 2 is 1.95 bits per heavy atom. The summed E-state index contributed by atoms with van der Waals surface area (Å²) in [5.41, 5.74) is 11.1. The van der Waals surface area contributed by atoms with Gasteiger partial charge in [-0.2, -0.15) is 0 Å². The predicted octanol–water partition coefficient (Wildman–Crippen LogP) is 3.10.